The zero-order valence-electron chi connectivity index (χ0n) is 18.5. The van der Waals surface area contributed by atoms with E-state index in [2.05, 4.69) is 10.6 Å². The van der Waals surface area contributed by atoms with Crippen molar-refractivity contribution in [3.63, 3.8) is 0 Å². The van der Waals surface area contributed by atoms with Crippen LogP contribution in [0.2, 0.25) is 0 Å². The molecule has 8 heteroatoms. The van der Waals surface area contributed by atoms with Crippen LogP contribution in [-0.2, 0) is 19.2 Å². The van der Waals surface area contributed by atoms with Gasteiger partial charge in [0.05, 0.1) is 12.6 Å². The van der Waals surface area contributed by atoms with E-state index in [0.29, 0.717) is 24.9 Å². The molecule has 1 fully saturated rings. The van der Waals surface area contributed by atoms with Crippen molar-refractivity contribution in [2.75, 3.05) is 20.1 Å². The smallest absolute Gasteiger partial charge is 0.249 e. The highest BCUT2D eigenvalue weighted by atomic mass is 16.2. The first kappa shape index (κ1) is 24.7. The lowest BCUT2D eigenvalue weighted by atomic mass is 9.99. The van der Waals surface area contributed by atoms with Gasteiger partial charge >= 0.3 is 0 Å². The third-order valence-electron chi connectivity index (χ3n) is 5.44. The highest BCUT2D eigenvalue weighted by Crippen LogP contribution is 2.22. The SMILES string of the molecule is CC[C@@H](C)NC(=O)[C@@H]1CCCN1C(=O)C(C)=C[C@H](C(C)C)N(C)C(=O)CNC=O. The van der Waals surface area contributed by atoms with E-state index in [1.807, 2.05) is 27.7 Å². The molecule has 1 saturated heterocycles. The summed E-state index contributed by atoms with van der Waals surface area (Å²) in [4.78, 5) is 51.5. The summed E-state index contributed by atoms with van der Waals surface area (Å²) in [5.74, 6) is -0.444. The molecule has 0 bridgehead atoms. The van der Waals surface area contributed by atoms with E-state index >= 15 is 0 Å². The van der Waals surface area contributed by atoms with Gasteiger partial charge in [-0.25, -0.2) is 0 Å². The number of likely N-dealkylation sites (tertiary alicyclic amines) is 1. The van der Waals surface area contributed by atoms with E-state index in [4.69, 9.17) is 0 Å². The second kappa shape index (κ2) is 11.6. The Kier molecular flexibility index (Phi) is 9.85. The van der Waals surface area contributed by atoms with Crippen molar-refractivity contribution in [3.8, 4) is 0 Å². The first-order valence-corrected chi connectivity index (χ1v) is 10.4. The number of likely N-dealkylation sites (N-methyl/N-ethyl adjacent to an activating group) is 1. The van der Waals surface area contributed by atoms with Gasteiger partial charge < -0.3 is 20.4 Å². The first-order valence-electron chi connectivity index (χ1n) is 10.4. The summed E-state index contributed by atoms with van der Waals surface area (Å²) in [6.07, 6.45) is 4.55. The average Bonchev–Trinajstić information content (AvgIpc) is 3.18. The number of hydrogen-bond donors (Lipinski definition) is 2. The molecule has 8 nitrogen and oxygen atoms in total. The van der Waals surface area contributed by atoms with Gasteiger partial charge in [0.25, 0.3) is 0 Å². The fourth-order valence-corrected chi connectivity index (χ4v) is 3.45. The van der Waals surface area contributed by atoms with Gasteiger partial charge in [-0.2, -0.15) is 0 Å². The molecule has 0 radical (unpaired) electrons. The van der Waals surface area contributed by atoms with Crippen LogP contribution in [0.3, 0.4) is 0 Å². The van der Waals surface area contributed by atoms with Crippen LogP contribution < -0.4 is 10.6 Å². The Morgan fingerprint density at radius 3 is 2.45 bits per heavy atom. The van der Waals surface area contributed by atoms with Crippen LogP contribution in [0, 0.1) is 5.92 Å². The van der Waals surface area contributed by atoms with Gasteiger partial charge in [-0.3, -0.25) is 19.2 Å². The van der Waals surface area contributed by atoms with E-state index < -0.39 is 6.04 Å². The van der Waals surface area contributed by atoms with Crippen molar-refractivity contribution >= 4 is 24.1 Å². The van der Waals surface area contributed by atoms with Gasteiger partial charge in [0.1, 0.15) is 6.04 Å². The van der Waals surface area contributed by atoms with Crippen molar-refractivity contribution in [1.29, 1.82) is 0 Å². The molecular weight excluding hydrogens is 372 g/mol. The molecule has 4 amide bonds. The maximum atomic E-state index is 13.1. The largest absolute Gasteiger partial charge is 0.352 e. The molecule has 1 heterocycles. The summed E-state index contributed by atoms with van der Waals surface area (Å²) in [5.41, 5.74) is 0.509. The van der Waals surface area contributed by atoms with Crippen LogP contribution in [0.25, 0.3) is 0 Å². The second-order valence-electron chi connectivity index (χ2n) is 8.06. The van der Waals surface area contributed by atoms with Crippen LogP contribution in [0.5, 0.6) is 0 Å². The molecule has 164 valence electrons. The molecule has 0 unspecified atom stereocenters. The van der Waals surface area contributed by atoms with E-state index in [-0.39, 0.29) is 42.3 Å². The number of nitrogens with one attached hydrogen (secondary N) is 2. The van der Waals surface area contributed by atoms with Gasteiger partial charge in [0, 0.05) is 25.2 Å². The number of carbonyl (C=O) groups excluding carboxylic acids is 4. The zero-order valence-corrected chi connectivity index (χ0v) is 18.5. The monoisotopic (exact) mass is 408 g/mol. The summed E-state index contributed by atoms with van der Waals surface area (Å²) < 4.78 is 0. The summed E-state index contributed by atoms with van der Waals surface area (Å²) in [5, 5.41) is 5.34. The van der Waals surface area contributed by atoms with Gasteiger partial charge in [-0.05, 0) is 39.0 Å². The fourth-order valence-electron chi connectivity index (χ4n) is 3.45. The number of rotatable bonds is 10. The van der Waals surface area contributed by atoms with Crippen molar-refractivity contribution in [2.24, 2.45) is 5.92 Å². The van der Waals surface area contributed by atoms with Gasteiger partial charge in [0.15, 0.2) is 0 Å². The summed E-state index contributed by atoms with van der Waals surface area (Å²) in [6.45, 7) is 10.1. The third kappa shape index (κ3) is 6.87. The number of carbonyl (C=O) groups is 4. The number of nitrogens with zero attached hydrogens (tertiary/aromatic N) is 2. The Labute approximate surface area is 174 Å². The quantitative estimate of drug-likeness (QED) is 0.417. The lowest BCUT2D eigenvalue weighted by Crippen LogP contribution is -2.48. The number of hydrogen-bond acceptors (Lipinski definition) is 4. The maximum absolute atomic E-state index is 13.1. The minimum atomic E-state index is -0.450. The van der Waals surface area contributed by atoms with Crippen LogP contribution >= 0.6 is 0 Å². The van der Waals surface area contributed by atoms with Crippen LogP contribution in [0.4, 0.5) is 0 Å². The molecule has 29 heavy (non-hydrogen) atoms. The topological polar surface area (TPSA) is 98.8 Å². The highest BCUT2D eigenvalue weighted by Gasteiger charge is 2.35. The highest BCUT2D eigenvalue weighted by molar-refractivity contribution is 5.97. The maximum Gasteiger partial charge on any atom is 0.249 e. The molecule has 0 aromatic rings. The predicted octanol–water partition coefficient (Wildman–Crippen LogP) is 1.07. The van der Waals surface area contributed by atoms with Gasteiger partial charge in [-0.1, -0.05) is 26.8 Å². The molecular formula is C21H36N4O4. The molecule has 3 atom stereocenters. The van der Waals surface area contributed by atoms with E-state index in [0.717, 1.165) is 12.8 Å². The number of amides is 4. The van der Waals surface area contributed by atoms with Crippen molar-refractivity contribution < 1.29 is 19.2 Å². The van der Waals surface area contributed by atoms with Crippen LogP contribution in [0.15, 0.2) is 11.6 Å². The third-order valence-corrected chi connectivity index (χ3v) is 5.44. The van der Waals surface area contributed by atoms with Gasteiger partial charge in [0.2, 0.25) is 24.1 Å². The normalized spacial score (nSPS) is 18.9. The fraction of sp³-hybridized carbons (Fsp3) is 0.714. The Hall–Kier alpha value is -2.38. The molecule has 2 N–H and O–H groups in total. The van der Waals surface area contributed by atoms with E-state index in [1.165, 1.54) is 4.90 Å². The standard InChI is InChI=1S/C21H36N4O4/c1-7-16(5)23-20(28)17-9-8-10-25(17)21(29)15(4)11-18(14(2)3)24(6)19(27)12-22-13-26/h11,13-14,16-18H,7-10,12H2,1-6H3,(H,22,26)(H,23,28)/t16-,17+,18-/m1/s1. The summed E-state index contributed by atoms with van der Waals surface area (Å²) >= 11 is 0. The molecule has 0 saturated carbocycles. The first-order chi connectivity index (χ1) is 13.6. The summed E-state index contributed by atoms with van der Waals surface area (Å²) in [6, 6.07) is -0.676. The Bertz CT molecular complexity index is 632. The Morgan fingerprint density at radius 2 is 1.90 bits per heavy atom. The zero-order chi connectivity index (χ0) is 22.1. The van der Waals surface area contributed by atoms with Crippen molar-refractivity contribution in [3.05, 3.63) is 11.6 Å². The second-order valence-corrected chi connectivity index (χ2v) is 8.06. The molecule has 0 aromatic heterocycles. The van der Waals surface area contributed by atoms with Crippen LogP contribution in [-0.4, -0.2) is 72.2 Å². The molecule has 0 aromatic carbocycles. The Morgan fingerprint density at radius 1 is 1.24 bits per heavy atom. The Balaban J connectivity index is 2.94. The van der Waals surface area contributed by atoms with Crippen LogP contribution in [0.1, 0.15) is 53.9 Å². The summed E-state index contributed by atoms with van der Waals surface area (Å²) in [7, 11) is 1.66. The predicted molar refractivity (Wildman–Crippen MR) is 112 cm³/mol. The van der Waals surface area contributed by atoms with Gasteiger partial charge in [-0.15, -0.1) is 0 Å². The molecule has 0 spiro atoms. The minimum Gasteiger partial charge on any atom is -0.352 e. The van der Waals surface area contributed by atoms with E-state index in [9.17, 15) is 19.2 Å². The lowest BCUT2D eigenvalue weighted by molar-refractivity contribution is -0.136. The molecule has 1 aliphatic heterocycles. The molecule has 1 aliphatic rings. The molecule has 0 aliphatic carbocycles. The van der Waals surface area contributed by atoms with E-state index in [1.54, 1.807) is 24.9 Å². The minimum absolute atomic E-state index is 0.0710. The average molecular weight is 409 g/mol. The molecule has 1 rings (SSSR count). The van der Waals surface area contributed by atoms with Crippen molar-refractivity contribution in [1.82, 2.24) is 20.4 Å². The lowest BCUT2D eigenvalue weighted by Gasteiger charge is -2.30. The van der Waals surface area contributed by atoms with Crippen molar-refractivity contribution in [2.45, 2.75) is 72.0 Å².